The molecule has 0 aliphatic heterocycles. The van der Waals surface area contributed by atoms with E-state index in [2.05, 4.69) is 99.3 Å². The number of hydrogen-bond acceptors (Lipinski definition) is 5. The minimum atomic E-state index is 0.488. The Hall–Kier alpha value is -4.58. The first kappa shape index (κ1) is 26.3. The zero-order valence-electron chi connectivity index (χ0n) is 23.4. The van der Waals surface area contributed by atoms with E-state index in [9.17, 15) is 0 Å². The molecular weight excluding hydrogens is 553 g/mol. The van der Waals surface area contributed by atoms with Crippen LogP contribution in [0.5, 0.6) is 11.8 Å². The Morgan fingerprint density at radius 1 is 0.762 bits per heavy atom. The minimum absolute atomic E-state index is 0.488. The van der Waals surface area contributed by atoms with Gasteiger partial charge in [-0.3, -0.25) is 0 Å². The third-order valence-corrected chi connectivity index (χ3v) is 9.86. The highest BCUT2D eigenvalue weighted by Gasteiger charge is 2.17. The van der Waals surface area contributed by atoms with Crippen molar-refractivity contribution < 1.29 is 4.74 Å². The number of allylic oxidation sites excluding steroid dienone is 1. The van der Waals surface area contributed by atoms with Crippen LogP contribution in [0.3, 0.4) is 0 Å². The lowest BCUT2D eigenvalue weighted by molar-refractivity contribution is 0.445. The summed E-state index contributed by atoms with van der Waals surface area (Å²) in [7, 11) is 0. The van der Waals surface area contributed by atoms with Gasteiger partial charge in [-0.1, -0.05) is 86.3 Å². The summed E-state index contributed by atoms with van der Waals surface area (Å²) >= 11 is 3.56. The van der Waals surface area contributed by atoms with Crippen LogP contribution in [0, 0.1) is 6.92 Å². The van der Waals surface area contributed by atoms with Gasteiger partial charge in [0.1, 0.15) is 0 Å². The summed E-state index contributed by atoms with van der Waals surface area (Å²) in [5, 5.41) is 3.77. The van der Waals surface area contributed by atoms with Crippen molar-refractivity contribution in [1.82, 2.24) is 9.97 Å². The summed E-state index contributed by atoms with van der Waals surface area (Å²) in [6.45, 7) is 8.75. The van der Waals surface area contributed by atoms with Gasteiger partial charge >= 0.3 is 0 Å². The van der Waals surface area contributed by atoms with Crippen molar-refractivity contribution in [2.75, 3.05) is 0 Å². The molecule has 0 atom stereocenters. The molecule has 7 rings (SSSR count). The molecule has 5 heteroatoms. The van der Waals surface area contributed by atoms with Crippen molar-refractivity contribution in [3.05, 3.63) is 131 Å². The van der Waals surface area contributed by atoms with Crippen LogP contribution < -0.4 is 4.74 Å². The molecule has 204 valence electrons. The molecule has 3 nitrogen and oxygen atoms in total. The Morgan fingerprint density at radius 3 is 2.29 bits per heavy atom. The van der Waals surface area contributed by atoms with Crippen molar-refractivity contribution in [3.63, 3.8) is 0 Å². The fraction of sp³-hybridized carbons (Fsp3) is 0.0811. The van der Waals surface area contributed by atoms with Gasteiger partial charge in [-0.05, 0) is 43.2 Å². The van der Waals surface area contributed by atoms with E-state index in [0.29, 0.717) is 11.8 Å². The Bertz CT molecular complexity index is 2150. The molecule has 0 spiro atoms. The summed E-state index contributed by atoms with van der Waals surface area (Å²) in [6, 6.07) is 33.2. The van der Waals surface area contributed by atoms with Crippen LogP contribution in [0.25, 0.3) is 53.2 Å². The first-order valence-corrected chi connectivity index (χ1v) is 15.6. The van der Waals surface area contributed by atoms with Crippen LogP contribution in [0.4, 0.5) is 0 Å². The van der Waals surface area contributed by atoms with Crippen LogP contribution in [0.2, 0.25) is 0 Å². The van der Waals surface area contributed by atoms with Crippen LogP contribution in [0.1, 0.15) is 35.0 Å². The fourth-order valence-corrected chi connectivity index (χ4v) is 7.85. The van der Waals surface area contributed by atoms with Crippen molar-refractivity contribution >= 4 is 64.6 Å². The number of hydrogen-bond donors (Lipinski definition) is 0. The second-order valence-corrected chi connectivity index (χ2v) is 12.3. The molecule has 0 N–H and O–H groups in total. The van der Waals surface area contributed by atoms with Gasteiger partial charge in [-0.25, -0.2) is 9.97 Å². The molecular formula is C37H28N2OS2. The molecule has 0 bridgehead atoms. The lowest BCUT2D eigenvalue weighted by Gasteiger charge is -2.11. The average molecular weight is 581 g/mol. The molecule has 0 aliphatic rings. The normalized spacial score (nSPS) is 11.7. The second-order valence-electron chi connectivity index (χ2n) is 10.2. The molecule has 0 amide bonds. The number of ether oxygens (including phenoxy) is 1. The highest BCUT2D eigenvalue weighted by Crippen LogP contribution is 2.42. The minimum Gasteiger partial charge on any atom is -0.421 e. The van der Waals surface area contributed by atoms with E-state index in [1.54, 1.807) is 11.3 Å². The SMILES string of the molecule is C=C(c1cccc(Oc2cccc(-c3c(C)ccc4c3sc3ccccc34)n2)n1)c1sc2ccccc2c1/C=C\CC. The van der Waals surface area contributed by atoms with Gasteiger partial charge in [0.15, 0.2) is 0 Å². The molecule has 0 fully saturated rings. The molecule has 42 heavy (non-hydrogen) atoms. The first-order valence-electron chi connectivity index (χ1n) is 14.0. The lowest BCUT2D eigenvalue weighted by Crippen LogP contribution is -1.96. The van der Waals surface area contributed by atoms with Gasteiger partial charge in [0.2, 0.25) is 11.8 Å². The third-order valence-electron chi connectivity index (χ3n) is 7.41. The lowest BCUT2D eigenvalue weighted by atomic mass is 10.0. The van der Waals surface area contributed by atoms with Gasteiger partial charge in [0, 0.05) is 64.0 Å². The summed E-state index contributed by atoms with van der Waals surface area (Å²) in [6.07, 6.45) is 5.37. The predicted molar refractivity (Wildman–Crippen MR) is 181 cm³/mol. The summed E-state index contributed by atoms with van der Waals surface area (Å²) in [5.41, 5.74) is 6.08. The quantitative estimate of drug-likeness (QED) is 0.188. The standard InChI is InChI=1S/C37H28N2OS2/c1-4-5-12-27-25-13-6-8-17-31(25)41-36(27)24(3)29-15-10-19-33(38-29)40-34-20-11-16-30(39-34)35-23(2)21-22-28-26-14-7-9-18-32(26)42-37(28)35/h5-22H,3-4H2,1-2H3/b12-5-. The first-order chi connectivity index (χ1) is 20.6. The summed E-state index contributed by atoms with van der Waals surface area (Å²) < 4.78 is 10.0. The zero-order valence-corrected chi connectivity index (χ0v) is 25.1. The maximum Gasteiger partial charge on any atom is 0.221 e. The molecule has 3 aromatic carbocycles. The summed E-state index contributed by atoms with van der Waals surface area (Å²) in [5.74, 6) is 0.996. The molecule has 4 aromatic heterocycles. The maximum atomic E-state index is 6.26. The maximum absolute atomic E-state index is 6.26. The number of aromatic nitrogens is 2. The van der Waals surface area contributed by atoms with Gasteiger partial charge < -0.3 is 4.74 Å². The van der Waals surface area contributed by atoms with Gasteiger partial charge in [0.05, 0.1) is 11.4 Å². The topological polar surface area (TPSA) is 35.0 Å². The molecule has 0 unspecified atom stereocenters. The highest BCUT2D eigenvalue weighted by molar-refractivity contribution is 7.26. The molecule has 0 radical (unpaired) electrons. The van der Waals surface area contributed by atoms with Crippen LogP contribution in [0.15, 0.2) is 110 Å². The van der Waals surface area contributed by atoms with Gasteiger partial charge in [-0.2, -0.15) is 0 Å². The van der Waals surface area contributed by atoms with E-state index in [1.165, 1.54) is 41.4 Å². The predicted octanol–water partition coefficient (Wildman–Crippen LogP) is 11.3. The van der Waals surface area contributed by atoms with Crippen molar-refractivity contribution in [2.24, 2.45) is 0 Å². The highest BCUT2D eigenvalue weighted by atomic mass is 32.1. The number of pyridine rings is 2. The Balaban J connectivity index is 1.23. The number of rotatable bonds is 7. The Kier molecular flexibility index (Phi) is 6.90. The third kappa shape index (κ3) is 4.71. The molecule has 0 saturated heterocycles. The number of aryl methyl sites for hydroxylation is 1. The van der Waals surface area contributed by atoms with Crippen LogP contribution in [-0.2, 0) is 0 Å². The number of nitrogens with zero attached hydrogens (tertiary/aromatic N) is 2. The van der Waals surface area contributed by atoms with E-state index in [4.69, 9.17) is 14.7 Å². The van der Waals surface area contributed by atoms with Crippen molar-refractivity contribution in [2.45, 2.75) is 20.3 Å². The molecule has 4 heterocycles. The van der Waals surface area contributed by atoms with E-state index in [0.717, 1.165) is 33.8 Å². The molecule has 0 saturated carbocycles. The van der Waals surface area contributed by atoms with E-state index >= 15 is 0 Å². The monoisotopic (exact) mass is 580 g/mol. The number of benzene rings is 3. The van der Waals surface area contributed by atoms with Crippen molar-refractivity contribution in [1.29, 1.82) is 0 Å². The van der Waals surface area contributed by atoms with E-state index < -0.39 is 0 Å². The van der Waals surface area contributed by atoms with Gasteiger partial charge in [0.25, 0.3) is 0 Å². The number of fused-ring (bicyclic) bond motifs is 4. The second kappa shape index (κ2) is 11.0. The van der Waals surface area contributed by atoms with Crippen LogP contribution >= 0.6 is 22.7 Å². The number of thiophene rings is 2. The van der Waals surface area contributed by atoms with E-state index in [1.807, 2.05) is 41.7 Å². The molecule has 0 aliphatic carbocycles. The van der Waals surface area contributed by atoms with E-state index in [-0.39, 0.29) is 0 Å². The van der Waals surface area contributed by atoms with Crippen LogP contribution in [-0.4, -0.2) is 9.97 Å². The average Bonchev–Trinajstić information content (AvgIpc) is 3.58. The summed E-state index contributed by atoms with van der Waals surface area (Å²) in [4.78, 5) is 10.9. The van der Waals surface area contributed by atoms with Gasteiger partial charge in [-0.15, -0.1) is 22.7 Å². The smallest absolute Gasteiger partial charge is 0.221 e. The zero-order chi connectivity index (χ0) is 28.6. The molecule has 7 aromatic rings. The largest absolute Gasteiger partial charge is 0.421 e. The van der Waals surface area contributed by atoms with Crippen molar-refractivity contribution in [3.8, 4) is 23.0 Å². The fourth-order valence-electron chi connectivity index (χ4n) is 5.37. The Morgan fingerprint density at radius 2 is 1.48 bits per heavy atom. The Labute approximate surface area is 253 Å².